The highest BCUT2D eigenvalue weighted by molar-refractivity contribution is 7.80. The van der Waals surface area contributed by atoms with Crippen LogP contribution >= 0.6 is 47.2 Å². The quantitative estimate of drug-likeness (QED) is 0.555. The van der Waals surface area contributed by atoms with Gasteiger partial charge in [-0.15, -0.1) is 35.6 Å². The molecular formula is C9H6Cl2S2. The zero-order valence-electron chi connectivity index (χ0n) is 6.55. The smallest absolute Gasteiger partial charge is 0.0549 e. The summed E-state index contributed by atoms with van der Waals surface area (Å²) >= 11 is 17.8. The average Bonchev–Trinajstić information content (AvgIpc) is 2.54. The van der Waals surface area contributed by atoms with Gasteiger partial charge in [0, 0.05) is 15.5 Å². The van der Waals surface area contributed by atoms with Crippen molar-refractivity contribution in [3.05, 3.63) is 28.1 Å². The third kappa shape index (κ3) is 1.57. The van der Waals surface area contributed by atoms with Crippen LogP contribution in [0, 0.1) is 0 Å². The van der Waals surface area contributed by atoms with E-state index in [2.05, 4.69) is 12.6 Å². The topological polar surface area (TPSA) is 0 Å². The van der Waals surface area contributed by atoms with Gasteiger partial charge in [-0.05, 0) is 28.5 Å². The van der Waals surface area contributed by atoms with Crippen molar-refractivity contribution in [2.75, 3.05) is 0 Å². The van der Waals surface area contributed by atoms with Crippen LogP contribution in [0.25, 0.3) is 10.1 Å². The summed E-state index contributed by atoms with van der Waals surface area (Å²) in [5.74, 6) is 0.455. The van der Waals surface area contributed by atoms with Gasteiger partial charge in [-0.25, -0.2) is 0 Å². The third-order valence-electron chi connectivity index (χ3n) is 1.90. The van der Waals surface area contributed by atoms with Crippen molar-refractivity contribution in [3.8, 4) is 0 Å². The van der Waals surface area contributed by atoms with E-state index in [0.29, 0.717) is 10.9 Å². The highest BCUT2D eigenvalue weighted by Crippen LogP contribution is 2.35. The Morgan fingerprint density at radius 1 is 1.46 bits per heavy atom. The van der Waals surface area contributed by atoms with Crippen molar-refractivity contribution in [2.45, 2.75) is 10.8 Å². The first kappa shape index (κ1) is 9.66. The minimum Gasteiger partial charge on any atom is -0.143 e. The lowest BCUT2D eigenvalue weighted by Crippen LogP contribution is -1.82. The minimum absolute atomic E-state index is 0.455. The number of hydrogen-bond acceptors (Lipinski definition) is 2. The van der Waals surface area contributed by atoms with Crippen LogP contribution in [0.15, 0.2) is 22.4 Å². The SMILES string of the molecule is Sc1c(Cl)cc2ccsc2c1CCl. The van der Waals surface area contributed by atoms with Crippen LogP contribution < -0.4 is 0 Å². The lowest BCUT2D eigenvalue weighted by atomic mass is 10.2. The molecule has 0 fully saturated rings. The molecule has 1 aromatic carbocycles. The fourth-order valence-corrected chi connectivity index (χ4v) is 3.19. The summed E-state index contributed by atoms with van der Waals surface area (Å²) in [4.78, 5) is 0.798. The molecule has 4 heteroatoms. The summed E-state index contributed by atoms with van der Waals surface area (Å²) < 4.78 is 1.18. The summed E-state index contributed by atoms with van der Waals surface area (Å²) in [7, 11) is 0. The molecule has 13 heavy (non-hydrogen) atoms. The maximum atomic E-state index is 6.00. The largest absolute Gasteiger partial charge is 0.143 e. The average molecular weight is 249 g/mol. The van der Waals surface area contributed by atoms with Gasteiger partial charge < -0.3 is 0 Å². The molecule has 0 amide bonds. The van der Waals surface area contributed by atoms with E-state index in [1.165, 1.54) is 4.70 Å². The fourth-order valence-electron chi connectivity index (χ4n) is 1.26. The number of thiol groups is 1. The Balaban J connectivity index is 2.87. The van der Waals surface area contributed by atoms with E-state index in [4.69, 9.17) is 23.2 Å². The molecule has 0 bridgehead atoms. The molecule has 0 unspecified atom stereocenters. The van der Waals surface area contributed by atoms with Gasteiger partial charge in [-0.3, -0.25) is 0 Å². The maximum absolute atomic E-state index is 6.00. The Bertz CT molecular complexity index is 448. The van der Waals surface area contributed by atoms with E-state index >= 15 is 0 Å². The molecule has 0 N–H and O–H groups in total. The molecule has 2 rings (SSSR count). The van der Waals surface area contributed by atoms with Crippen molar-refractivity contribution in [3.63, 3.8) is 0 Å². The summed E-state index contributed by atoms with van der Waals surface area (Å²) in [5.41, 5.74) is 1.03. The van der Waals surface area contributed by atoms with Crippen molar-refractivity contribution in [1.29, 1.82) is 0 Å². The van der Waals surface area contributed by atoms with Crippen LogP contribution in [-0.2, 0) is 5.88 Å². The molecule has 0 saturated heterocycles. The Morgan fingerprint density at radius 2 is 2.23 bits per heavy atom. The van der Waals surface area contributed by atoms with Crippen LogP contribution in [0.3, 0.4) is 0 Å². The summed E-state index contributed by atoms with van der Waals surface area (Å²) in [6.45, 7) is 0. The van der Waals surface area contributed by atoms with Gasteiger partial charge in [0.2, 0.25) is 0 Å². The summed E-state index contributed by atoms with van der Waals surface area (Å²) in [5, 5.41) is 3.85. The number of hydrogen-bond donors (Lipinski definition) is 1. The molecule has 0 aliphatic carbocycles. The molecule has 0 saturated carbocycles. The van der Waals surface area contributed by atoms with E-state index in [-0.39, 0.29) is 0 Å². The van der Waals surface area contributed by atoms with Crippen molar-refractivity contribution >= 4 is 57.3 Å². The molecule has 0 nitrogen and oxygen atoms in total. The van der Waals surface area contributed by atoms with Gasteiger partial charge in [0.05, 0.1) is 5.02 Å². The standard InChI is InChI=1S/C9H6Cl2S2/c10-4-6-8(12)7(11)3-5-1-2-13-9(5)6/h1-3,12H,4H2. The van der Waals surface area contributed by atoms with Gasteiger partial charge in [0.25, 0.3) is 0 Å². The van der Waals surface area contributed by atoms with Gasteiger partial charge in [-0.1, -0.05) is 11.6 Å². The Kier molecular flexibility index (Phi) is 2.75. The Hall–Kier alpha value is 0.110. The maximum Gasteiger partial charge on any atom is 0.0549 e. The second kappa shape index (κ2) is 3.70. The number of halogens is 2. The third-order valence-corrected chi connectivity index (χ3v) is 4.10. The predicted molar refractivity (Wildman–Crippen MR) is 63.6 cm³/mol. The fraction of sp³-hybridized carbons (Fsp3) is 0.111. The van der Waals surface area contributed by atoms with Gasteiger partial charge in [0.15, 0.2) is 0 Å². The first-order valence-corrected chi connectivity index (χ1v) is 5.91. The van der Waals surface area contributed by atoms with E-state index < -0.39 is 0 Å². The van der Waals surface area contributed by atoms with Crippen LogP contribution in [0.2, 0.25) is 5.02 Å². The minimum atomic E-state index is 0.455. The molecule has 0 aliphatic rings. The van der Waals surface area contributed by atoms with E-state index in [1.807, 2.05) is 17.5 Å². The number of alkyl halides is 1. The van der Waals surface area contributed by atoms with E-state index in [9.17, 15) is 0 Å². The number of thiophene rings is 1. The molecule has 0 aliphatic heterocycles. The lowest BCUT2D eigenvalue weighted by molar-refractivity contribution is 1.32. The molecule has 0 radical (unpaired) electrons. The highest BCUT2D eigenvalue weighted by Gasteiger charge is 2.09. The molecule has 2 aromatic rings. The van der Waals surface area contributed by atoms with Crippen LogP contribution in [-0.4, -0.2) is 0 Å². The highest BCUT2D eigenvalue weighted by atomic mass is 35.5. The number of fused-ring (bicyclic) bond motifs is 1. The first-order chi connectivity index (χ1) is 6.24. The van der Waals surface area contributed by atoms with Crippen molar-refractivity contribution in [2.24, 2.45) is 0 Å². The molecule has 1 heterocycles. The van der Waals surface area contributed by atoms with Crippen molar-refractivity contribution < 1.29 is 0 Å². The van der Waals surface area contributed by atoms with Crippen LogP contribution in [0.1, 0.15) is 5.56 Å². The van der Waals surface area contributed by atoms with Crippen LogP contribution in [0.4, 0.5) is 0 Å². The van der Waals surface area contributed by atoms with Crippen molar-refractivity contribution in [1.82, 2.24) is 0 Å². The molecular weight excluding hydrogens is 243 g/mol. The summed E-state index contributed by atoms with van der Waals surface area (Å²) in [6.07, 6.45) is 0. The second-order valence-corrected chi connectivity index (χ2v) is 4.70. The van der Waals surface area contributed by atoms with E-state index in [1.54, 1.807) is 11.3 Å². The summed E-state index contributed by atoms with van der Waals surface area (Å²) in [6, 6.07) is 3.96. The van der Waals surface area contributed by atoms with Gasteiger partial charge in [-0.2, -0.15) is 0 Å². The predicted octanol–water partition coefficient (Wildman–Crippen LogP) is 4.58. The lowest BCUT2D eigenvalue weighted by Gasteiger charge is -2.04. The number of benzene rings is 1. The zero-order valence-corrected chi connectivity index (χ0v) is 9.77. The first-order valence-electron chi connectivity index (χ1n) is 3.67. The molecule has 68 valence electrons. The Labute approximate surface area is 95.9 Å². The monoisotopic (exact) mass is 248 g/mol. The zero-order chi connectivity index (χ0) is 9.42. The number of rotatable bonds is 1. The molecule has 0 spiro atoms. The second-order valence-electron chi connectivity index (χ2n) is 2.66. The van der Waals surface area contributed by atoms with Gasteiger partial charge >= 0.3 is 0 Å². The van der Waals surface area contributed by atoms with E-state index in [0.717, 1.165) is 15.8 Å². The molecule has 1 aromatic heterocycles. The van der Waals surface area contributed by atoms with Crippen LogP contribution in [0.5, 0.6) is 0 Å². The Morgan fingerprint density at radius 3 is 2.92 bits per heavy atom. The normalized spacial score (nSPS) is 11.0. The van der Waals surface area contributed by atoms with Gasteiger partial charge in [0.1, 0.15) is 0 Å². The molecule has 0 atom stereocenters.